The highest BCUT2D eigenvalue weighted by Crippen LogP contribution is 2.50. The molecule has 0 aliphatic carbocycles. The molecule has 2 aliphatic rings. The van der Waals surface area contributed by atoms with E-state index in [0.717, 1.165) is 26.9 Å². The first-order chi connectivity index (χ1) is 15.5. The van der Waals surface area contributed by atoms with E-state index in [1.807, 2.05) is 72.6 Å². The lowest BCUT2D eigenvalue weighted by Gasteiger charge is -2.17. The molecule has 3 aromatic carbocycles. The maximum atomic E-state index is 13.6. The predicted molar refractivity (Wildman–Crippen MR) is 136 cm³/mol. The van der Waals surface area contributed by atoms with Crippen LogP contribution in [0.5, 0.6) is 0 Å². The van der Waals surface area contributed by atoms with E-state index in [2.05, 4.69) is 0 Å². The van der Waals surface area contributed by atoms with Gasteiger partial charge in [0.15, 0.2) is 5.17 Å². The zero-order valence-electron chi connectivity index (χ0n) is 17.0. The molecule has 0 spiro atoms. The molecule has 160 valence electrons. The van der Waals surface area contributed by atoms with Crippen molar-refractivity contribution in [2.24, 2.45) is 4.99 Å². The fourth-order valence-electron chi connectivity index (χ4n) is 3.47. The lowest BCUT2D eigenvalue weighted by Crippen LogP contribution is -2.29. The second-order valence-corrected chi connectivity index (χ2v) is 10.1. The first-order valence-electron chi connectivity index (χ1n) is 9.83. The number of carbonyl (C=O) groups excluding carboxylic acids is 1. The predicted octanol–water partition coefficient (Wildman–Crippen LogP) is 7.17. The lowest BCUT2D eigenvalue weighted by atomic mass is 10.2. The number of amidine groups is 1. The Balaban J connectivity index is 1.55. The Morgan fingerprint density at radius 3 is 2.38 bits per heavy atom. The molecule has 0 unspecified atom stereocenters. The Labute approximate surface area is 204 Å². The molecule has 8 heteroatoms. The summed E-state index contributed by atoms with van der Waals surface area (Å²) in [6.07, 6.45) is 0. The van der Waals surface area contributed by atoms with Gasteiger partial charge in [-0.2, -0.15) is 0 Å². The topological polar surface area (TPSA) is 35.9 Å². The number of halogens is 2. The number of rotatable bonds is 3. The monoisotopic (exact) mass is 497 g/mol. The Kier molecular flexibility index (Phi) is 5.95. The van der Waals surface area contributed by atoms with Gasteiger partial charge in [0, 0.05) is 22.0 Å². The summed E-state index contributed by atoms with van der Waals surface area (Å²) in [7, 11) is 1.96. The molecule has 0 radical (unpaired) electrons. The number of thioether (sulfide) groups is 2. The summed E-state index contributed by atoms with van der Waals surface area (Å²) in [4.78, 5) is 23.9. The number of benzene rings is 3. The van der Waals surface area contributed by atoms with E-state index in [9.17, 15) is 4.79 Å². The number of carbonyl (C=O) groups is 1. The van der Waals surface area contributed by atoms with Gasteiger partial charge in [-0.1, -0.05) is 65.3 Å². The van der Waals surface area contributed by atoms with Crippen molar-refractivity contribution in [1.29, 1.82) is 0 Å². The van der Waals surface area contributed by atoms with Gasteiger partial charge in [-0.15, -0.1) is 0 Å². The molecule has 1 fully saturated rings. The summed E-state index contributed by atoms with van der Waals surface area (Å²) in [5.74, 6) is -0.0557. The van der Waals surface area contributed by atoms with Gasteiger partial charge in [0.05, 0.1) is 22.9 Å². The molecule has 3 aromatic rings. The van der Waals surface area contributed by atoms with Gasteiger partial charge in [-0.05, 0) is 59.8 Å². The smallest absolute Gasteiger partial charge is 0.269 e. The van der Waals surface area contributed by atoms with Gasteiger partial charge in [0.1, 0.15) is 4.91 Å². The molecule has 2 heterocycles. The van der Waals surface area contributed by atoms with Crippen LogP contribution in [0.2, 0.25) is 10.0 Å². The second kappa shape index (κ2) is 8.87. The molecule has 0 atom stereocenters. The van der Waals surface area contributed by atoms with E-state index in [1.54, 1.807) is 28.8 Å². The van der Waals surface area contributed by atoms with Crippen molar-refractivity contribution in [3.63, 3.8) is 0 Å². The minimum Gasteiger partial charge on any atom is -0.337 e. The molecule has 32 heavy (non-hydrogen) atoms. The first-order valence-corrected chi connectivity index (χ1v) is 12.2. The Morgan fingerprint density at radius 1 is 0.906 bits per heavy atom. The summed E-state index contributed by atoms with van der Waals surface area (Å²) in [6, 6.07) is 23.0. The largest absolute Gasteiger partial charge is 0.337 e. The Bertz CT molecular complexity index is 1260. The SMILES string of the molecule is CN1C(=C2SC(=Nc3ccc(Cl)cc3)N(Cc3ccccc3)C2=O)Sc2ccc(Cl)cc21. The molecule has 1 amide bonds. The van der Waals surface area contributed by atoms with E-state index < -0.39 is 0 Å². The van der Waals surface area contributed by atoms with Crippen molar-refractivity contribution in [1.82, 2.24) is 4.90 Å². The highest BCUT2D eigenvalue weighted by Gasteiger charge is 2.39. The van der Waals surface area contributed by atoms with Crippen LogP contribution in [-0.2, 0) is 11.3 Å². The van der Waals surface area contributed by atoms with E-state index in [0.29, 0.717) is 26.7 Å². The maximum Gasteiger partial charge on any atom is 0.269 e. The Morgan fingerprint density at radius 2 is 1.62 bits per heavy atom. The third-order valence-electron chi connectivity index (χ3n) is 5.09. The molecule has 1 saturated heterocycles. The number of nitrogens with zero attached hydrogens (tertiary/aromatic N) is 3. The van der Waals surface area contributed by atoms with Crippen LogP contribution in [-0.4, -0.2) is 23.0 Å². The van der Waals surface area contributed by atoms with E-state index >= 15 is 0 Å². The fourth-order valence-corrected chi connectivity index (χ4v) is 6.08. The Hall–Kier alpha value is -2.38. The molecule has 0 saturated carbocycles. The molecule has 0 aromatic heterocycles. The van der Waals surface area contributed by atoms with Crippen LogP contribution < -0.4 is 4.90 Å². The van der Waals surface area contributed by atoms with Crippen molar-refractivity contribution in [2.75, 3.05) is 11.9 Å². The first kappa shape index (κ1) is 21.5. The number of anilines is 1. The molecule has 4 nitrogen and oxygen atoms in total. The van der Waals surface area contributed by atoms with E-state index in [-0.39, 0.29) is 5.91 Å². The third kappa shape index (κ3) is 4.16. The van der Waals surface area contributed by atoms with Crippen molar-refractivity contribution in [3.05, 3.63) is 98.3 Å². The van der Waals surface area contributed by atoms with Gasteiger partial charge < -0.3 is 4.90 Å². The fraction of sp³-hybridized carbons (Fsp3) is 0.0833. The van der Waals surface area contributed by atoms with Crippen LogP contribution >= 0.6 is 46.7 Å². The van der Waals surface area contributed by atoms with Crippen LogP contribution in [0.1, 0.15) is 5.56 Å². The maximum absolute atomic E-state index is 13.6. The number of fused-ring (bicyclic) bond motifs is 1. The van der Waals surface area contributed by atoms with Crippen LogP contribution in [0.15, 0.2) is 92.6 Å². The van der Waals surface area contributed by atoms with Gasteiger partial charge in [0.2, 0.25) is 0 Å². The normalized spacial score (nSPS) is 19.2. The van der Waals surface area contributed by atoms with Crippen molar-refractivity contribution < 1.29 is 4.79 Å². The number of aliphatic imine (C=N–C) groups is 1. The number of hydrogen-bond donors (Lipinski definition) is 0. The second-order valence-electron chi connectivity index (χ2n) is 7.26. The number of hydrogen-bond acceptors (Lipinski definition) is 5. The van der Waals surface area contributed by atoms with Crippen LogP contribution in [0.25, 0.3) is 0 Å². The third-order valence-corrected chi connectivity index (χ3v) is 8.01. The highest BCUT2D eigenvalue weighted by molar-refractivity contribution is 8.19. The average molecular weight is 498 g/mol. The summed E-state index contributed by atoms with van der Waals surface area (Å²) < 4.78 is 0. The molecule has 2 aliphatic heterocycles. The highest BCUT2D eigenvalue weighted by atomic mass is 35.5. The summed E-state index contributed by atoms with van der Waals surface area (Å²) in [6.45, 7) is 0.447. The van der Waals surface area contributed by atoms with Gasteiger partial charge >= 0.3 is 0 Å². The van der Waals surface area contributed by atoms with Crippen molar-refractivity contribution in [3.8, 4) is 0 Å². The number of amides is 1. The van der Waals surface area contributed by atoms with E-state index in [1.165, 1.54) is 11.8 Å². The summed E-state index contributed by atoms with van der Waals surface area (Å²) in [5.41, 5.74) is 2.78. The molecular weight excluding hydrogens is 481 g/mol. The van der Waals surface area contributed by atoms with Gasteiger partial charge in [-0.3, -0.25) is 9.69 Å². The standard InChI is InChI=1S/C24H17Cl2N3OS2/c1-28-19-13-17(26)9-12-20(19)31-23(28)21-22(30)29(14-15-5-3-2-4-6-15)24(32-21)27-18-10-7-16(25)8-11-18/h2-13H,14H2,1H3. The van der Waals surface area contributed by atoms with Crippen LogP contribution in [0.3, 0.4) is 0 Å². The minimum absolute atomic E-state index is 0.0557. The van der Waals surface area contributed by atoms with Crippen LogP contribution in [0.4, 0.5) is 11.4 Å². The van der Waals surface area contributed by atoms with Crippen molar-refractivity contribution in [2.45, 2.75) is 11.4 Å². The minimum atomic E-state index is -0.0557. The van der Waals surface area contributed by atoms with Gasteiger partial charge in [-0.25, -0.2) is 4.99 Å². The molecule has 0 bridgehead atoms. The van der Waals surface area contributed by atoms with Gasteiger partial charge in [0.25, 0.3) is 5.91 Å². The van der Waals surface area contributed by atoms with E-state index in [4.69, 9.17) is 28.2 Å². The molecule has 0 N–H and O–H groups in total. The lowest BCUT2D eigenvalue weighted by molar-refractivity contribution is -0.122. The average Bonchev–Trinajstić information content (AvgIpc) is 3.27. The zero-order valence-corrected chi connectivity index (χ0v) is 20.1. The summed E-state index contributed by atoms with van der Waals surface area (Å²) in [5, 5.41) is 2.85. The zero-order chi connectivity index (χ0) is 22.2. The summed E-state index contributed by atoms with van der Waals surface area (Å²) >= 11 is 15.2. The van der Waals surface area contributed by atoms with Crippen molar-refractivity contribution >= 4 is 69.2 Å². The quantitative estimate of drug-likeness (QED) is 0.359. The molecule has 5 rings (SSSR count). The molecular formula is C24H17Cl2N3OS2. The van der Waals surface area contributed by atoms with Crippen LogP contribution in [0, 0.1) is 0 Å².